The van der Waals surface area contributed by atoms with Crippen molar-refractivity contribution < 1.29 is 7.87 Å². The number of carbonyl (C=O) groups is 1. The molecule has 0 aliphatic rings. The van der Waals surface area contributed by atoms with E-state index >= 15 is 0 Å². The van der Waals surface area contributed by atoms with E-state index in [9.17, 15) is 4.79 Å². The summed E-state index contributed by atoms with van der Waals surface area (Å²) in [5.74, 6) is 0.521. The van der Waals surface area contributed by atoms with Crippen LogP contribution in [0.2, 0.25) is 9.88 Å². The van der Waals surface area contributed by atoms with E-state index in [2.05, 4.69) is 12.6 Å². The number of rotatable bonds is 3. The predicted octanol–water partition coefficient (Wildman–Crippen LogP) is 0.833. The minimum atomic E-state index is -1.73. The van der Waals surface area contributed by atoms with E-state index < -0.39 is 20.2 Å². The Morgan fingerprint density at radius 2 is 2.22 bits per heavy atom. The Balaban J connectivity index is 3.27. The van der Waals surface area contributed by atoms with Crippen molar-refractivity contribution in [3.05, 3.63) is 0 Å². The molecule has 9 heavy (non-hydrogen) atoms. The summed E-state index contributed by atoms with van der Waals surface area (Å²) in [4.78, 5) is 14.7. The number of hydrogen-bond donors (Lipinski definition) is 1. The maximum atomic E-state index is 10.6. The zero-order valence-electron chi connectivity index (χ0n) is 5.76. The summed E-state index contributed by atoms with van der Waals surface area (Å²) in [5, 5.41) is 0. The zero-order valence-corrected chi connectivity index (χ0v) is 9.95. The molecule has 0 heterocycles. The predicted molar refractivity (Wildman–Crippen MR) is 43.4 cm³/mol. The Labute approximate surface area is 68.7 Å². The van der Waals surface area contributed by atoms with E-state index in [4.69, 9.17) is 3.07 Å². The molecule has 0 bridgehead atoms. The fourth-order valence-corrected chi connectivity index (χ4v) is 2.43. The first-order chi connectivity index (χ1) is 4.16. The Bertz CT molecular complexity index is 95.0. The van der Waals surface area contributed by atoms with Gasteiger partial charge in [-0.05, 0) is 0 Å². The van der Waals surface area contributed by atoms with Gasteiger partial charge in [-0.3, -0.25) is 0 Å². The second-order valence-corrected chi connectivity index (χ2v) is 9.12. The van der Waals surface area contributed by atoms with Gasteiger partial charge in [-0.25, -0.2) is 0 Å². The maximum absolute atomic E-state index is 10.6. The summed E-state index contributed by atoms with van der Waals surface area (Å²) in [6, 6.07) is 0. The van der Waals surface area contributed by atoms with Crippen molar-refractivity contribution in [3.63, 3.8) is 0 Å². The van der Waals surface area contributed by atoms with E-state index in [0.717, 1.165) is 0 Å². The van der Waals surface area contributed by atoms with Crippen molar-refractivity contribution in [1.29, 1.82) is 0 Å². The van der Waals surface area contributed by atoms with E-state index in [1.54, 1.807) is 0 Å². The Morgan fingerprint density at radius 1 is 1.67 bits per heavy atom. The third kappa shape index (κ3) is 6.50. The second kappa shape index (κ2) is 5.41. The van der Waals surface area contributed by atoms with E-state index in [1.807, 2.05) is 9.88 Å². The van der Waals surface area contributed by atoms with Crippen LogP contribution in [-0.2, 0) is 7.87 Å². The van der Waals surface area contributed by atoms with Crippen LogP contribution >= 0.6 is 12.6 Å². The van der Waals surface area contributed by atoms with Gasteiger partial charge >= 0.3 is 68.7 Å². The number of thiol groups is 1. The van der Waals surface area contributed by atoms with Gasteiger partial charge in [0.15, 0.2) is 0 Å². The molecule has 0 N–H and O–H groups in total. The molecule has 0 radical (unpaired) electrons. The Kier molecular flexibility index (Phi) is 5.78. The summed E-state index contributed by atoms with van der Waals surface area (Å²) < 4.78 is 5.01. The summed E-state index contributed by atoms with van der Waals surface area (Å²) in [6.07, 6.45) is 0.457. The molecule has 0 rings (SSSR count). The molecule has 0 fully saturated rings. The van der Waals surface area contributed by atoms with Crippen LogP contribution in [0.25, 0.3) is 0 Å². The van der Waals surface area contributed by atoms with Crippen LogP contribution in [0.15, 0.2) is 0 Å². The molecular formula is C5H12O2SSn. The van der Waals surface area contributed by atoms with Crippen LogP contribution in [0.4, 0.5) is 0 Å². The van der Waals surface area contributed by atoms with Gasteiger partial charge < -0.3 is 0 Å². The topological polar surface area (TPSA) is 26.3 Å². The van der Waals surface area contributed by atoms with E-state index in [0.29, 0.717) is 12.2 Å². The van der Waals surface area contributed by atoms with Crippen molar-refractivity contribution >= 4 is 38.8 Å². The molecule has 2 nitrogen and oxygen atoms in total. The van der Waals surface area contributed by atoms with Gasteiger partial charge in [-0.1, -0.05) is 0 Å². The normalized spacial score (nSPS) is 9.78. The third-order valence-electron chi connectivity index (χ3n) is 0.683. The molecular weight excluding hydrogens is 243 g/mol. The SMILES string of the molecule is [CH3][SnH]([CH3])[O]C(=O)CCS. The molecule has 0 saturated carbocycles. The quantitative estimate of drug-likeness (QED) is 0.597. The van der Waals surface area contributed by atoms with Gasteiger partial charge in [0.05, 0.1) is 0 Å². The van der Waals surface area contributed by atoms with E-state index in [1.165, 1.54) is 0 Å². The molecule has 0 amide bonds. The Hall–Kier alpha value is 0.619. The monoisotopic (exact) mass is 256 g/mol. The molecule has 0 unspecified atom stereocenters. The molecule has 0 aliphatic heterocycles. The van der Waals surface area contributed by atoms with Crippen LogP contribution in [0.3, 0.4) is 0 Å². The van der Waals surface area contributed by atoms with Gasteiger partial charge in [0.1, 0.15) is 0 Å². The third-order valence-corrected chi connectivity index (χ3v) is 3.00. The number of hydrogen-bond acceptors (Lipinski definition) is 3. The molecule has 0 aromatic carbocycles. The summed E-state index contributed by atoms with van der Waals surface area (Å²) in [6.45, 7) is 0. The van der Waals surface area contributed by atoms with Crippen molar-refractivity contribution in [3.8, 4) is 0 Å². The van der Waals surface area contributed by atoms with Crippen molar-refractivity contribution in [2.24, 2.45) is 0 Å². The molecule has 0 aliphatic carbocycles. The Morgan fingerprint density at radius 3 is 2.56 bits per heavy atom. The minimum absolute atomic E-state index is 0.0733. The molecule has 0 atom stereocenters. The zero-order chi connectivity index (χ0) is 7.28. The standard InChI is InChI=1S/C3H6O2S.2CH3.Sn.H/c4-3(5)1-2-6;;;;/h6H,1-2H2,(H,4,5);2*1H3;;/q;;;+1;/p-1. The van der Waals surface area contributed by atoms with Gasteiger partial charge in [-0.2, -0.15) is 0 Å². The number of carbonyl (C=O) groups excluding carboxylic acids is 1. The average Bonchev–Trinajstić information content (AvgIpc) is 1.63. The molecule has 4 heteroatoms. The summed E-state index contributed by atoms with van der Waals surface area (Å²) in [7, 11) is 0. The van der Waals surface area contributed by atoms with E-state index in [-0.39, 0.29) is 5.97 Å². The molecule has 54 valence electrons. The van der Waals surface area contributed by atoms with Crippen LogP contribution in [0, 0.1) is 0 Å². The first-order valence-corrected chi connectivity index (χ1v) is 11.5. The fourth-order valence-electron chi connectivity index (χ4n) is 0.413. The van der Waals surface area contributed by atoms with Crippen molar-refractivity contribution in [1.82, 2.24) is 0 Å². The first kappa shape index (κ1) is 9.62. The van der Waals surface area contributed by atoms with Crippen molar-refractivity contribution in [2.45, 2.75) is 16.3 Å². The van der Waals surface area contributed by atoms with Gasteiger partial charge in [0, 0.05) is 0 Å². The van der Waals surface area contributed by atoms with Gasteiger partial charge in [-0.15, -0.1) is 0 Å². The van der Waals surface area contributed by atoms with Crippen LogP contribution in [0.5, 0.6) is 0 Å². The van der Waals surface area contributed by atoms with Crippen LogP contribution in [-0.4, -0.2) is 31.9 Å². The molecule has 0 saturated heterocycles. The van der Waals surface area contributed by atoms with Gasteiger partial charge in [0.2, 0.25) is 0 Å². The van der Waals surface area contributed by atoms with Crippen molar-refractivity contribution in [2.75, 3.05) is 5.75 Å². The molecule has 0 aromatic heterocycles. The molecule has 0 spiro atoms. The van der Waals surface area contributed by atoms with Crippen LogP contribution in [0.1, 0.15) is 6.42 Å². The first-order valence-electron chi connectivity index (χ1n) is 2.97. The second-order valence-electron chi connectivity index (χ2n) is 2.01. The average molecular weight is 255 g/mol. The van der Waals surface area contributed by atoms with Gasteiger partial charge in [0.25, 0.3) is 0 Å². The molecule has 0 aromatic rings. The summed E-state index contributed by atoms with van der Waals surface area (Å²) in [5.41, 5.74) is 0. The van der Waals surface area contributed by atoms with Crippen LogP contribution < -0.4 is 0 Å². The fraction of sp³-hybridized carbons (Fsp3) is 0.800. The summed E-state index contributed by atoms with van der Waals surface area (Å²) >= 11 is 2.18.